The van der Waals surface area contributed by atoms with Gasteiger partial charge in [0.05, 0.1) is 5.52 Å². The van der Waals surface area contributed by atoms with E-state index in [0.29, 0.717) is 5.95 Å². The fourth-order valence-corrected chi connectivity index (χ4v) is 4.55. The molecule has 1 saturated heterocycles. The number of aromatic nitrogens is 6. The molecule has 2 aromatic carbocycles. The Bertz CT molecular complexity index is 1460. The molecule has 6 rings (SSSR count). The van der Waals surface area contributed by atoms with Gasteiger partial charge in [-0.1, -0.05) is 17.3 Å². The van der Waals surface area contributed by atoms with E-state index in [-0.39, 0.29) is 0 Å². The highest BCUT2D eigenvalue weighted by Crippen LogP contribution is 2.30. The van der Waals surface area contributed by atoms with Crippen LogP contribution < -0.4 is 10.2 Å². The van der Waals surface area contributed by atoms with Crippen molar-refractivity contribution in [2.45, 2.75) is 13.5 Å². The Balaban J connectivity index is 1.26. The molecule has 2 N–H and O–H groups in total. The molecule has 9 heteroatoms. The van der Waals surface area contributed by atoms with E-state index in [9.17, 15) is 0 Å². The van der Waals surface area contributed by atoms with Gasteiger partial charge in [-0.2, -0.15) is 4.98 Å². The smallest absolute Gasteiger partial charge is 0.229 e. The number of hydrogen-bond acceptors (Lipinski definition) is 7. The largest absolute Gasteiger partial charge is 0.369 e. The summed E-state index contributed by atoms with van der Waals surface area (Å²) in [5.41, 5.74) is 7.06. The van der Waals surface area contributed by atoms with Crippen molar-refractivity contribution in [3.05, 3.63) is 54.9 Å². The second-order valence-corrected chi connectivity index (χ2v) is 8.73. The molecule has 0 radical (unpaired) electrons. The molecule has 0 saturated carbocycles. The number of likely N-dealkylation sites (N-methyl/N-ethyl adjacent to an activating group) is 1. The van der Waals surface area contributed by atoms with Crippen LogP contribution in [0.5, 0.6) is 0 Å². The molecule has 0 spiro atoms. The lowest BCUT2D eigenvalue weighted by atomic mass is 10.1. The van der Waals surface area contributed by atoms with E-state index in [1.165, 1.54) is 5.69 Å². The highest BCUT2D eigenvalue weighted by atomic mass is 15.4. The Morgan fingerprint density at radius 3 is 2.79 bits per heavy atom. The molecule has 0 amide bonds. The number of nitrogens with one attached hydrogen (secondary N) is 2. The lowest BCUT2D eigenvalue weighted by molar-refractivity contribution is 0.313. The van der Waals surface area contributed by atoms with Crippen LogP contribution in [-0.4, -0.2) is 68.1 Å². The quantitative estimate of drug-likeness (QED) is 0.417. The lowest BCUT2D eigenvalue weighted by Gasteiger charge is -2.34. The van der Waals surface area contributed by atoms with Gasteiger partial charge >= 0.3 is 0 Å². The summed E-state index contributed by atoms with van der Waals surface area (Å²) in [6, 6.07) is 14.6. The minimum atomic E-state index is 0.570. The van der Waals surface area contributed by atoms with Crippen LogP contribution >= 0.6 is 0 Å². The highest BCUT2D eigenvalue weighted by molar-refractivity contribution is 5.95. The normalized spacial score (nSPS) is 14.8. The maximum absolute atomic E-state index is 4.73. The number of benzene rings is 2. The maximum atomic E-state index is 4.73. The van der Waals surface area contributed by atoms with Crippen molar-refractivity contribution in [3.8, 4) is 11.1 Å². The number of aryl methyl sites for hydroxylation is 1. The number of H-pyrrole nitrogens is 1. The summed E-state index contributed by atoms with van der Waals surface area (Å²) < 4.78 is 1.91. The van der Waals surface area contributed by atoms with Crippen LogP contribution in [0.25, 0.3) is 33.2 Å². The van der Waals surface area contributed by atoms with Gasteiger partial charge in [0, 0.05) is 67.4 Å². The summed E-state index contributed by atoms with van der Waals surface area (Å²) in [6.45, 7) is 7.08. The fraction of sp³-hybridized carbons (Fsp3) is 0.280. The van der Waals surface area contributed by atoms with Crippen molar-refractivity contribution in [1.82, 2.24) is 34.8 Å². The van der Waals surface area contributed by atoms with Crippen molar-refractivity contribution in [3.63, 3.8) is 0 Å². The standard InChI is InChI=1S/C25H27N9/c1-3-34-23-13-17(7-8-22(23)30-31-34)20-15-26-24-21(20)16-27-25(29-24)28-18-5-4-6-19(14-18)33-11-9-32(2)10-12-33/h4-8,13-16H,3,9-12H2,1-2H3,(H2,26,27,28,29). The molecule has 1 aliphatic heterocycles. The second kappa shape index (κ2) is 8.42. The Morgan fingerprint density at radius 2 is 1.94 bits per heavy atom. The van der Waals surface area contributed by atoms with E-state index in [1.807, 2.05) is 29.2 Å². The van der Waals surface area contributed by atoms with Gasteiger partial charge in [-0.25, -0.2) is 9.67 Å². The van der Waals surface area contributed by atoms with Crippen LogP contribution in [0.15, 0.2) is 54.9 Å². The molecule has 0 bridgehead atoms. The summed E-state index contributed by atoms with van der Waals surface area (Å²) in [6.07, 6.45) is 3.86. The van der Waals surface area contributed by atoms with Gasteiger partial charge in [0.15, 0.2) is 0 Å². The van der Waals surface area contributed by atoms with Gasteiger partial charge in [0.2, 0.25) is 5.95 Å². The van der Waals surface area contributed by atoms with E-state index in [1.54, 1.807) is 0 Å². The molecular weight excluding hydrogens is 426 g/mol. The van der Waals surface area contributed by atoms with Crippen molar-refractivity contribution in [2.75, 3.05) is 43.4 Å². The van der Waals surface area contributed by atoms with Gasteiger partial charge in [-0.05, 0) is 49.9 Å². The van der Waals surface area contributed by atoms with Crippen LogP contribution in [0, 0.1) is 0 Å². The number of fused-ring (bicyclic) bond motifs is 2. The van der Waals surface area contributed by atoms with E-state index >= 15 is 0 Å². The van der Waals surface area contributed by atoms with Gasteiger partial charge in [-0.3, -0.25) is 0 Å². The molecule has 3 aromatic heterocycles. The molecule has 1 aliphatic rings. The Labute approximate surface area is 197 Å². The second-order valence-electron chi connectivity index (χ2n) is 8.73. The first kappa shape index (κ1) is 20.6. The van der Waals surface area contributed by atoms with Gasteiger partial charge in [0.1, 0.15) is 11.2 Å². The molecule has 172 valence electrons. The van der Waals surface area contributed by atoms with Crippen molar-refractivity contribution in [1.29, 1.82) is 0 Å². The Kier molecular flexibility index (Phi) is 5.10. The number of anilines is 3. The average molecular weight is 454 g/mol. The first-order valence-electron chi connectivity index (χ1n) is 11.7. The van der Waals surface area contributed by atoms with Crippen molar-refractivity contribution >= 4 is 39.4 Å². The predicted molar refractivity (Wildman–Crippen MR) is 136 cm³/mol. The molecule has 5 aromatic rings. The molecule has 34 heavy (non-hydrogen) atoms. The summed E-state index contributed by atoms with van der Waals surface area (Å²) in [5, 5.41) is 12.8. The highest BCUT2D eigenvalue weighted by Gasteiger charge is 2.15. The van der Waals surface area contributed by atoms with E-state index in [2.05, 4.69) is 79.7 Å². The SMILES string of the molecule is CCn1nnc2ccc(-c3c[nH]c4nc(Nc5cccc(N6CCN(C)CC6)c5)ncc34)cc21. The van der Waals surface area contributed by atoms with Crippen molar-refractivity contribution < 1.29 is 0 Å². The summed E-state index contributed by atoms with van der Waals surface area (Å²) in [7, 11) is 2.17. The number of aromatic amines is 1. The molecule has 0 unspecified atom stereocenters. The average Bonchev–Trinajstić information content (AvgIpc) is 3.48. The summed E-state index contributed by atoms with van der Waals surface area (Å²) in [4.78, 5) is 17.4. The van der Waals surface area contributed by atoms with Crippen LogP contribution in [-0.2, 0) is 6.54 Å². The number of piperazine rings is 1. The molecule has 9 nitrogen and oxygen atoms in total. The van der Waals surface area contributed by atoms with Gasteiger partial charge < -0.3 is 20.1 Å². The van der Waals surface area contributed by atoms with Gasteiger partial charge in [0.25, 0.3) is 0 Å². The summed E-state index contributed by atoms with van der Waals surface area (Å²) >= 11 is 0. The van der Waals surface area contributed by atoms with E-state index in [4.69, 9.17) is 4.98 Å². The predicted octanol–water partition coefficient (Wildman–Crippen LogP) is 3.88. The molecule has 4 heterocycles. The third kappa shape index (κ3) is 3.73. The first-order chi connectivity index (χ1) is 16.7. The molecular formula is C25H27N9. The number of rotatable bonds is 5. The third-order valence-corrected chi connectivity index (χ3v) is 6.53. The first-order valence-corrected chi connectivity index (χ1v) is 11.7. The topological polar surface area (TPSA) is 90.8 Å². The minimum absolute atomic E-state index is 0.570. The fourth-order valence-electron chi connectivity index (χ4n) is 4.55. The minimum Gasteiger partial charge on any atom is -0.369 e. The van der Waals surface area contributed by atoms with Crippen LogP contribution in [0.1, 0.15) is 6.92 Å². The Morgan fingerprint density at radius 1 is 1.06 bits per heavy atom. The van der Waals surface area contributed by atoms with Crippen LogP contribution in [0.3, 0.4) is 0 Å². The number of nitrogens with zero attached hydrogens (tertiary/aromatic N) is 7. The third-order valence-electron chi connectivity index (χ3n) is 6.53. The lowest BCUT2D eigenvalue weighted by Crippen LogP contribution is -2.44. The zero-order chi connectivity index (χ0) is 23.1. The monoisotopic (exact) mass is 453 g/mol. The Hall–Kier alpha value is -3.98. The zero-order valence-corrected chi connectivity index (χ0v) is 19.4. The van der Waals surface area contributed by atoms with E-state index < -0.39 is 0 Å². The van der Waals surface area contributed by atoms with Crippen LogP contribution in [0.4, 0.5) is 17.3 Å². The summed E-state index contributed by atoms with van der Waals surface area (Å²) in [5.74, 6) is 0.570. The zero-order valence-electron chi connectivity index (χ0n) is 19.4. The maximum Gasteiger partial charge on any atom is 0.229 e. The van der Waals surface area contributed by atoms with Crippen molar-refractivity contribution in [2.24, 2.45) is 0 Å². The number of hydrogen-bond donors (Lipinski definition) is 2. The van der Waals surface area contributed by atoms with Gasteiger partial charge in [-0.15, -0.1) is 5.10 Å². The molecule has 0 atom stereocenters. The molecule has 0 aliphatic carbocycles. The molecule has 1 fully saturated rings. The van der Waals surface area contributed by atoms with E-state index in [0.717, 1.165) is 71.6 Å². The van der Waals surface area contributed by atoms with Crippen LogP contribution in [0.2, 0.25) is 0 Å².